The molecule has 0 aliphatic carbocycles. The number of nitrogens with one attached hydrogen (secondary N) is 1. The average molecular weight is 287 g/mol. The number of hydrogen-bond acceptors (Lipinski definition) is 3. The van der Waals surface area contributed by atoms with Crippen LogP contribution in [0.3, 0.4) is 0 Å². The summed E-state index contributed by atoms with van der Waals surface area (Å²) in [6, 6.07) is 1.95. The summed E-state index contributed by atoms with van der Waals surface area (Å²) in [5.41, 5.74) is 3.84. The number of carbonyl (C=O) groups is 1. The number of carbonyl (C=O) groups excluding carboxylic acids is 1. The van der Waals surface area contributed by atoms with Crippen molar-refractivity contribution in [2.45, 2.75) is 46.2 Å². The second-order valence-electron chi connectivity index (χ2n) is 6.64. The number of aromatic nitrogens is 3. The van der Waals surface area contributed by atoms with E-state index in [4.69, 9.17) is 0 Å². The van der Waals surface area contributed by atoms with E-state index in [-0.39, 0.29) is 11.6 Å². The van der Waals surface area contributed by atoms with Gasteiger partial charge >= 0.3 is 6.03 Å². The summed E-state index contributed by atoms with van der Waals surface area (Å²) in [5, 5.41) is 7.50. The van der Waals surface area contributed by atoms with Crippen molar-refractivity contribution in [2.75, 3.05) is 6.54 Å². The number of hydrogen-bond donors (Lipinski definition) is 1. The number of amides is 2. The molecule has 6 nitrogen and oxygen atoms in total. The summed E-state index contributed by atoms with van der Waals surface area (Å²) >= 11 is 0. The quantitative estimate of drug-likeness (QED) is 0.805. The van der Waals surface area contributed by atoms with Gasteiger partial charge in [-0.15, -0.1) is 0 Å². The van der Waals surface area contributed by atoms with Gasteiger partial charge in [-0.1, -0.05) is 0 Å². The Kier molecular flexibility index (Phi) is 3.11. The van der Waals surface area contributed by atoms with Crippen LogP contribution in [0.5, 0.6) is 0 Å². The Morgan fingerprint density at radius 2 is 2.14 bits per heavy atom. The van der Waals surface area contributed by atoms with Crippen LogP contribution >= 0.6 is 0 Å². The van der Waals surface area contributed by atoms with Crippen LogP contribution in [0, 0.1) is 6.92 Å². The van der Waals surface area contributed by atoms with E-state index < -0.39 is 0 Å². The van der Waals surface area contributed by atoms with Gasteiger partial charge in [-0.25, -0.2) is 14.3 Å². The van der Waals surface area contributed by atoms with E-state index in [1.807, 2.05) is 49.4 Å². The first-order valence-corrected chi connectivity index (χ1v) is 7.24. The third kappa shape index (κ3) is 2.70. The van der Waals surface area contributed by atoms with Crippen molar-refractivity contribution in [3.63, 3.8) is 0 Å². The van der Waals surface area contributed by atoms with Gasteiger partial charge in [-0.2, -0.15) is 5.10 Å². The van der Waals surface area contributed by atoms with Gasteiger partial charge in [-0.3, -0.25) is 0 Å². The molecule has 0 saturated carbocycles. The first kappa shape index (κ1) is 13.9. The molecule has 2 aromatic heterocycles. The molecule has 0 aromatic carbocycles. The van der Waals surface area contributed by atoms with Gasteiger partial charge in [0.25, 0.3) is 0 Å². The molecule has 0 radical (unpaired) electrons. The van der Waals surface area contributed by atoms with Crippen molar-refractivity contribution < 1.29 is 4.79 Å². The SMILES string of the molecule is Cc1cc2ncc3c(n2n1)CCN(C(=O)NC(C)(C)C)C3. The number of aryl methyl sites for hydroxylation is 1. The third-order valence-corrected chi connectivity index (χ3v) is 3.54. The van der Waals surface area contributed by atoms with Crippen LogP contribution in [-0.4, -0.2) is 37.6 Å². The van der Waals surface area contributed by atoms with Crippen LogP contribution in [0.4, 0.5) is 4.79 Å². The zero-order valence-electron chi connectivity index (χ0n) is 13.0. The molecular weight excluding hydrogens is 266 g/mol. The van der Waals surface area contributed by atoms with Crippen molar-refractivity contribution in [1.29, 1.82) is 0 Å². The van der Waals surface area contributed by atoms with Crippen molar-refractivity contribution in [3.05, 3.63) is 29.2 Å². The molecule has 21 heavy (non-hydrogen) atoms. The number of rotatable bonds is 0. The molecule has 0 spiro atoms. The molecule has 0 fully saturated rings. The molecule has 2 amide bonds. The molecule has 0 saturated heterocycles. The molecule has 6 heteroatoms. The summed E-state index contributed by atoms with van der Waals surface area (Å²) < 4.78 is 1.91. The molecule has 112 valence electrons. The minimum atomic E-state index is -0.224. The molecule has 3 rings (SSSR count). The lowest BCUT2D eigenvalue weighted by Crippen LogP contribution is -2.50. The van der Waals surface area contributed by atoms with Gasteiger partial charge in [0.2, 0.25) is 0 Å². The fourth-order valence-corrected chi connectivity index (χ4v) is 2.63. The number of urea groups is 1. The van der Waals surface area contributed by atoms with Crippen molar-refractivity contribution in [1.82, 2.24) is 24.8 Å². The molecule has 3 heterocycles. The monoisotopic (exact) mass is 287 g/mol. The highest BCUT2D eigenvalue weighted by Crippen LogP contribution is 2.20. The van der Waals surface area contributed by atoms with Gasteiger partial charge in [0.1, 0.15) is 0 Å². The zero-order chi connectivity index (χ0) is 15.2. The average Bonchev–Trinajstić information content (AvgIpc) is 2.76. The molecule has 1 N–H and O–H groups in total. The standard InChI is InChI=1S/C15H21N5O/c1-10-7-13-16-8-11-9-19(14(21)17-15(2,3)4)6-5-12(11)20(13)18-10/h7-8H,5-6,9H2,1-4H3,(H,17,21). The first-order chi connectivity index (χ1) is 9.83. The second-order valence-corrected chi connectivity index (χ2v) is 6.64. The minimum Gasteiger partial charge on any atom is -0.333 e. The summed E-state index contributed by atoms with van der Waals surface area (Å²) in [7, 11) is 0. The van der Waals surface area contributed by atoms with E-state index in [0.717, 1.165) is 29.0 Å². The topological polar surface area (TPSA) is 62.5 Å². The highest BCUT2D eigenvalue weighted by molar-refractivity contribution is 5.75. The van der Waals surface area contributed by atoms with E-state index in [1.165, 1.54) is 0 Å². The summed E-state index contributed by atoms with van der Waals surface area (Å²) in [5.74, 6) is 0. The van der Waals surface area contributed by atoms with Crippen LogP contribution in [0.1, 0.15) is 37.7 Å². The van der Waals surface area contributed by atoms with Gasteiger partial charge < -0.3 is 10.2 Å². The van der Waals surface area contributed by atoms with Crippen molar-refractivity contribution in [2.24, 2.45) is 0 Å². The van der Waals surface area contributed by atoms with Crippen molar-refractivity contribution in [3.8, 4) is 0 Å². The fraction of sp³-hybridized carbons (Fsp3) is 0.533. The Morgan fingerprint density at radius 3 is 2.86 bits per heavy atom. The van der Waals surface area contributed by atoms with E-state index in [0.29, 0.717) is 13.1 Å². The normalized spacial score (nSPS) is 15.1. The van der Waals surface area contributed by atoms with Gasteiger partial charge in [-0.05, 0) is 27.7 Å². The Bertz CT molecular complexity index is 698. The predicted molar refractivity (Wildman–Crippen MR) is 80.1 cm³/mol. The van der Waals surface area contributed by atoms with Crippen LogP contribution in [0.25, 0.3) is 5.65 Å². The lowest BCUT2D eigenvalue weighted by molar-refractivity contribution is 0.182. The molecule has 0 atom stereocenters. The number of fused-ring (bicyclic) bond motifs is 3. The Balaban J connectivity index is 1.86. The predicted octanol–water partition coefficient (Wildman–Crippen LogP) is 1.90. The van der Waals surface area contributed by atoms with Crippen molar-refractivity contribution >= 4 is 11.7 Å². The van der Waals surface area contributed by atoms with Gasteiger partial charge in [0.15, 0.2) is 5.65 Å². The highest BCUT2D eigenvalue weighted by atomic mass is 16.2. The van der Waals surface area contributed by atoms with Crippen LogP contribution in [-0.2, 0) is 13.0 Å². The summed E-state index contributed by atoms with van der Waals surface area (Å²) in [6.45, 7) is 9.21. The van der Waals surface area contributed by atoms with E-state index in [9.17, 15) is 4.79 Å². The van der Waals surface area contributed by atoms with Gasteiger partial charge in [0.05, 0.1) is 17.9 Å². The van der Waals surface area contributed by atoms with E-state index in [1.54, 1.807) is 0 Å². The first-order valence-electron chi connectivity index (χ1n) is 7.24. The second kappa shape index (κ2) is 4.72. The molecule has 1 aliphatic heterocycles. The molecule has 2 aromatic rings. The molecule has 1 aliphatic rings. The lowest BCUT2D eigenvalue weighted by Gasteiger charge is -2.32. The molecule has 0 unspecified atom stereocenters. The zero-order valence-corrected chi connectivity index (χ0v) is 13.0. The highest BCUT2D eigenvalue weighted by Gasteiger charge is 2.25. The smallest absolute Gasteiger partial charge is 0.318 e. The van der Waals surface area contributed by atoms with Crippen LogP contribution in [0.15, 0.2) is 12.3 Å². The summed E-state index contributed by atoms with van der Waals surface area (Å²) in [6.07, 6.45) is 2.66. The maximum absolute atomic E-state index is 12.3. The van der Waals surface area contributed by atoms with E-state index >= 15 is 0 Å². The maximum Gasteiger partial charge on any atom is 0.318 e. The van der Waals surface area contributed by atoms with Crippen LogP contribution in [0.2, 0.25) is 0 Å². The van der Waals surface area contributed by atoms with Gasteiger partial charge in [0, 0.05) is 36.3 Å². The van der Waals surface area contributed by atoms with E-state index in [2.05, 4.69) is 15.4 Å². The largest absolute Gasteiger partial charge is 0.333 e. The minimum absolute atomic E-state index is 0.0232. The summed E-state index contributed by atoms with van der Waals surface area (Å²) in [4.78, 5) is 18.5. The molecular formula is C15H21N5O. The number of nitrogens with zero attached hydrogens (tertiary/aromatic N) is 4. The lowest BCUT2D eigenvalue weighted by atomic mass is 10.1. The molecule has 0 bridgehead atoms. The Labute approximate surface area is 124 Å². The fourth-order valence-electron chi connectivity index (χ4n) is 2.63. The van der Waals surface area contributed by atoms with Crippen LogP contribution < -0.4 is 5.32 Å². The Morgan fingerprint density at radius 1 is 1.38 bits per heavy atom. The third-order valence-electron chi connectivity index (χ3n) is 3.54. The maximum atomic E-state index is 12.3. The Hall–Kier alpha value is -2.11.